The molecule has 9 heteroatoms. The maximum absolute atomic E-state index is 12.8. The summed E-state index contributed by atoms with van der Waals surface area (Å²) < 4.78 is 67.5. The van der Waals surface area contributed by atoms with Crippen LogP contribution in [0.5, 0.6) is 0 Å². The smallest absolute Gasteiger partial charge is 0.417 e. The molecule has 1 aromatic rings. The third-order valence-corrected chi connectivity index (χ3v) is 2.82. The van der Waals surface area contributed by atoms with Crippen LogP contribution in [0, 0.1) is 0 Å². The first-order valence-electron chi connectivity index (χ1n) is 5.37. The van der Waals surface area contributed by atoms with Crippen molar-refractivity contribution >= 4 is 21.9 Å². The van der Waals surface area contributed by atoms with E-state index >= 15 is 0 Å². The lowest BCUT2D eigenvalue weighted by Gasteiger charge is -2.15. The van der Waals surface area contributed by atoms with Crippen LogP contribution in [0.15, 0.2) is 10.7 Å². The lowest BCUT2D eigenvalue weighted by Crippen LogP contribution is -2.15. The van der Waals surface area contributed by atoms with Gasteiger partial charge in [0.05, 0.1) is 29.8 Å². The predicted molar refractivity (Wildman–Crippen MR) is 62.2 cm³/mol. The molecule has 0 fully saturated rings. The third kappa shape index (κ3) is 4.12. The number of hydrogen-bond donors (Lipinski definition) is 0. The predicted octanol–water partition coefficient (Wildman–Crippen LogP) is 3.91. The topological polar surface area (TPSA) is 39.2 Å². The van der Waals surface area contributed by atoms with Crippen molar-refractivity contribution in [3.63, 3.8) is 0 Å². The molecule has 0 aromatic carbocycles. The Hall–Kier alpha value is -1.25. The van der Waals surface area contributed by atoms with E-state index in [1.807, 2.05) is 0 Å². The normalized spacial score (nSPS) is 11.8. The zero-order valence-corrected chi connectivity index (χ0v) is 11.7. The van der Waals surface area contributed by atoms with Gasteiger partial charge in [-0.05, 0) is 28.9 Å². The molecule has 1 aromatic heterocycles. The Morgan fingerprint density at radius 1 is 1.45 bits per heavy atom. The quantitative estimate of drug-likeness (QED) is 0.463. The summed E-state index contributed by atoms with van der Waals surface area (Å²) in [6.45, 7) is 1.59. The van der Waals surface area contributed by atoms with E-state index in [1.165, 1.54) is 6.92 Å². The van der Waals surface area contributed by atoms with Gasteiger partial charge in [-0.1, -0.05) is 0 Å². The number of ether oxygens (including phenoxy) is 1. The van der Waals surface area contributed by atoms with E-state index in [4.69, 9.17) is 0 Å². The van der Waals surface area contributed by atoms with E-state index in [0.29, 0.717) is 6.07 Å². The van der Waals surface area contributed by atoms with Crippen LogP contribution in [-0.4, -0.2) is 17.6 Å². The molecule has 1 rings (SSSR count). The fourth-order valence-corrected chi connectivity index (χ4v) is 2.08. The number of nitrogens with zero attached hydrogens (tertiary/aromatic N) is 1. The number of aromatic nitrogens is 1. The van der Waals surface area contributed by atoms with Crippen molar-refractivity contribution in [1.29, 1.82) is 0 Å². The summed E-state index contributed by atoms with van der Waals surface area (Å²) in [7, 11) is 0. The molecule has 0 radical (unpaired) electrons. The molecule has 0 unspecified atom stereocenters. The minimum Gasteiger partial charge on any atom is -0.466 e. The van der Waals surface area contributed by atoms with Gasteiger partial charge in [0, 0.05) is 0 Å². The number of carbonyl (C=O) groups excluding carboxylic acids is 1. The lowest BCUT2D eigenvalue weighted by molar-refractivity contribution is -0.143. The number of hydrogen-bond acceptors (Lipinski definition) is 3. The van der Waals surface area contributed by atoms with Crippen LogP contribution in [0.3, 0.4) is 0 Å². The highest BCUT2D eigenvalue weighted by atomic mass is 79.9. The number of halogens is 6. The summed E-state index contributed by atoms with van der Waals surface area (Å²) in [5.74, 6) is -0.787. The van der Waals surface area contributed by atoms with Crippen molar-refractivity contribution in [2.75, 3.05) is 6.61 Å². The Balaban J connectivity index is 3.25. The molecule has 20 heavy (non-hydrogen) atoms. The maximum Gasteiger partial charge on any atom is 0.417 e. The number of esters is 1. The van der Waals surface area contributed by atoms with E-state index < -0.39 is 40.7 Å². The van der Waals surface area contributed by atoms with Crippen molar-refractivity contribution < 1.29 is 31.5 Å². The molecule has 0 atom stereocenters. The van der Waals surface area contributed by atoms with Gasteiger partial charge in [-0.15, -0.1) is 0 Å². The van der Waals surface area contributed by atoms with Gasteiger partial charge in [0.25, 0.3) is 6.43 Å². The second-order valence-corrected chi connectivity index (χ2v) is 4.40. The standard InChI is InChI=1S/C11H9BrF5NO2/c1-2-20-7(19)4-5-3-6(11(15,16)17)8(10(13)14)9(12)18-5/h3,10H,2,4H2,1H3. The Labute approximate surface area is 119 Å². The molecular weight excluding hydrogens is 353 g/mol. The molecule has 0 aliphatic heterocycles. The van der Waals surface area contributed by atoms with E-state index in [0.717, 1.165) is 0 Å². The van der Waals surface area contributed by atoms with Gasteiger partial charge in [-0.25, -0.2) is 13.8 Å². The molecule has 0 amide bonds. The van der Waals surface area contributed by atoms with Crippen LogP contribution >= 0.6 is 15.9 Å². The van der Waals surface area contributed by atoms with Crippen molar-refractivity contribution in [1.82, 2.24) is 4.98 Å². The summed E-state index contributed by atoms with van der Waals surface area (Å²) in [5.41, 5.74) is -3.06. The number of alkyl halides is 5. The second-order valence-electron chi connectivity index (χ2n) is 3.65. The first-order chi connectivity index (χ1) is 9.16. The summed E-state index contributed by atoms with van der Waals surface area (Å²) in [6.07, 6.45) is -8.84. The van der Waals surface area contributed by atoms with Crippen LogP contribution in [-0.2, 0) is 22.1 Å². The first-order valence-corrected chi connectivity index (χ1v) is 6.16. The summed E-state index contributed by atoms with van der Waals surface area (Å²) in [5, 5.41) is 0. The van der Waals surface area contributed by atoms with Crippen molar-refractivity contribution in [3.05, 3.63) is 27.5 Å². The van der Waals surface area contributed by atoms with Crippen LogP contribution in [0.2, 0.25) is 0 Å². The molecular formula is C11H9BrF5NO2. The molecule has 0 aliphatic rings. The van der Waals surface area contributed by atoms with E-state index in [-0.39, 0.29) is 12.3 Å². The van der Waals surface area contributed by atoms with Crippen LogP contribution in [0.1, 0.15) is 30.2 Å². The molecule has 0 saturated carbocycles. The van der Waals surface area contributed by atoms with Gasteiger partial charge in [0.1, 0.15) is 4.60 Å². The highest BCUT2D eigenvalue weighted by Gasteiger charge is 2.38. The van der Waals surface area contributed by atoms with Crippen molar-refractivity contribution in [2.45, 2.75) is 25.9 Å². The molecule has 1 heterocycles. The molecule has 0 bridgehead atoms. The monoisotopic (exact) mass is 361 g/mol. The van der Waals surface area contributed by atoms with E-state index in [1.54, 1.807) is 0 Å². The number of pyridine rings is 1. The first kappa shape index (κ1) is 16.8. The Kier molecular flexibility index (Phi) is 5.43. The minimum atomic E-state index is -4.97. The Bertz CT molecular complexity index is 504. The SMILES string of the molecule is CCOC(=O)Cc1cc(C(F)(F)F)c(C(F)F)c(Br)n1. The van der Waals surface area contributed by atoms with Gasteiger partial charge in [-0.3, -0.25) is 4.79 Å². The van der Waals surface area contributed by atoms with E-state index in [2.05, 4.69) is 25.7 Å². The number of rotatable bonds is 4. The van der Waals surface area contributed by atoms with Gasteiger partial charge in [0.15, 0.2) is 0 Å². The summed E-state index contributed by atoms with van der Waals surface area (Å²) in [6, 6.07) is 0.434. The zero-order chi connectivity index (χ0) is 15.5. The molecule has 112 valence electrons. The van der Waals surface area contributed by atoms with Gasteiger partial charge in [-0.2, -0.15) is 13.2 Å². The van der Waals surface area contributed by atoms with Crippen molar-refractivity contribution in [3.8, 4) is 0 Å². The van der Waals surface area contributed by atoms with Crippen LogP contribution in [0.25, 0.3) is 0 Å². The molecule has 0 saturated heterocycles. The number of carbonyl (C=O) groups is 1. The molecule has 0 N–H and O–H groups in total. The van der Waals surface area contributed by atoms with Crippen LogP contribution < -0.4 is 0 Å². The third-order valence-electron chi connectivity index (χ3n) is 2.22. The average Bonchev–Trinajstić information content (AvgIpc) is 2.26. The largest absolute Gasteiger partial charge is 0.466 e. The van der Waals surface area contributed by atoms with Crippen molar-refractivity contribution in [2.24, 2.45) is 0 Å². The van der Waals surface area contributed by atoms with Crippen LogP contribution in [0.4, 0.5) is 22.0 Å². The van der Waals surface area contributed by atoms with Gasteiger partial charge in [0.2, 0.25) is 0 Å². The van der Waals surface area contributed by atoms with Gasteiger partial charge < -0.3 is 4.74 Å². The highest BCUT2D eigenvalue weighted by Crippen LogP contribution is 2.39. The zero-order valence-electron chi connectivity index (χ0n) is 10.1. The minimum absolute atomic E-state index is 0.0568. The van der Waals surface area contributed by atoms with Gasteiger partial charge >= 0.3 is 12.1 Å². The average molecular weight is 362 g/mol. The Morgan fingerprint density at radius 3 is 2.50 bits per heavy atom. The van der Waals surface area contributed by atoms with E-state index in [9.17, 15) is 26.7 Å². The summed E-state index contributed by atoms with van der Waals surface area (Å²) >= 11 is 2.58. The lowest BCUT2D eigenvalue weighted by atomic mass is 10.1. The molecule has 3 nitrogen and oxygen atoms in total. The fraction of sp³-hybridized carbons (Fsp3) is 0.455. The molecule has 0 spiro atoms. The Morgan fingerprint density at radius 2 is 2.05 bits per heavy atom. The highest BCUT2D eigenvalue weighted by molar-refractivity contribution is 9.10. The fourth-order valence-electron chi connectivity index (χ4n) is 1.47. The molecule has 0 aliphatic carbocycles. The maximum atomic E-state index is 12.8. The summed E-state index contributed by atoms with van der Waals surface area (Å²) in [4.78, 5) is 14.7. The second kappa shape index (κ2) is 6.47.